The monoisotopic (exact) mass is 433 g/mol. The molecule has 1 aliphatic carbocycles. The third kappa shape index (κ3) is 6.63. The normalized spacial score (nSPS) is 23.5. The van der Waals surface area contributed by atoms with Gasteiger partial charge in [-0.1, -0.05) is 52.6 Å². The first-order valence-electron chi connectivity index (χ1n) is 10.4. The predicted octanol–water partition coefficient (Wildman–Crippen LogP) is 2.79. The molecule has 1 aromatic rings. The van der Waals surface area contributed by atoms with Gasteiger partial charge in [0.15, 0.2) is 0 Å². The minimum atomic E-state index is -1.13. The molecular weight excluding hydrogens is 404 g/mol. The van der Waals surface area contributed by atoms with Gasteiger partial charge in [0.2, 0.25) is 0 Å². The highest BCUT2D eigenvalue weighted by Gasteiger charge is 2.49. The number of aliphatic carboxylic acids is 1. The highest BCUT2D eigenvalue weighted by atomic mass is 31.0. The summed E-state index contributed by atoms with van der Waals surface area (Å²) in [4.78, 5) is 36.5. The van der Waals surface area contributed by atoms with Gasteiger partial charge in [0.05, 0.1) is 24.5 Å². The third-order valence-electron chi connectivity index (χ3n) is 5.75. The fraction of sp³-hybridized carbons (Fsp3) is 0.571. The zero-order chi connectivity index (χ0) is 21.7. The van der Waals surface area contributed by atoms with Crippen LogP contribution in [0.25, 0.3) is 0 Å². The highest BCUT2D eigenvalue weighted by molar-refractivity contribution is 7.13. The molecule has 30 heavy (non-hydrogen) atoms. The lowest BCUT2D eigenvalue weighted by molar-refractivity contribution is -0.153. The van der Waals surface area contributed by atoms with Gasteiger partial charge in [0, 0.05) is 12.2 Å². The van der Waals surface area contributed by atoms with Gasteiger partial charge >= 0.3 is 13.1 Å². The fourth-order valence-electron chi connectivity index (χ4n) is 4.03. The summed E-state index contributed by atoms with van der Waals surface area (Å²) in [6, 6.07) is 9.38. The van der Waals surface area contributed by atoms with Crippen molar-refractivity contribution in [2.75, 3.05) is 0 Å². The molecule has 0 spiro atoms. The quantitative estimate of drug-likeness (QED) is 0.409. The number of benzene rings is 1. The maximum absolute atomic E-state index is 13.1. The molecule has 1 aromatic carbocycles. The Morgan fingerprint density at radius 1 is 1.33 bits per heavy atom. The Kier molecular flexibility index (Phi) is 7.67. The molecule has 1 aliphatic heterocycles. The summed E-state index contributed by atoms with van der Waals surface area (Å²) in [7, 11) is 1.51. The largest absolute Gasteiger partial charge is 0.531 e. The summed E-state index contributed by atoms with van der Waals surface area (Å²) in [5.41, 5.74) is -0.0715. The first-order chi connectivity index (χ1) is 14.3. The molecule has 2 fully saturated rings. The second-order valence-corrected chi connectivity index (χ2v) is 9.03. The molecule has 2 N–H and O–H groups in total. The SMILES string of the molecule is CC1(CC(=O)O)CC(=O)OB([C@@H](CC(=O)[C@H](Cc2ccccc2)NP)CC2CC2)O1. The molecule has 2 aliphatic rings. The van der Waals surface area contributed by atoms with E-state index in [1.807, 2.05) is 30.3 Å². The second-order valence-electron chi connectivity index (χ2n) is 8.69. The van der Waals surface area contributed by atoms with Crippen molar-refractivity contribution in [3.8, 4) is 0 Å². The zero-order valence-electron chi connectivity index (χ0n) is 17.2. The van der Waals surface area contributed by atoms with Crippen LogP contribution in [0.1, 0.15) is 51.0 Å². The average molecular weight is 433 g/mol. The molecule has 2 unspecified atom stereocenters. The predicted molar refractivity (Wildman–Crippen MR) is 116 cm³/mol. The number of carboxylic acid groups (broad SMARTS) is 1. The molecule has 7 nitrogen and oxygen atoms in total. The lowest BCUT2D eigenvalue weighted by atomic mass is 9.64. The maximum Gasteiger partial charge on any atom is 0.531 e. The van der Waals surface area contributed by atoms with Crippen molar-refractivity contribution >= 4 is 34.2 Å². The summed E-state index contributed by atoms with van der Waals surface area (Å²) in [5, 5.41) is 12.2. The molecule has 0 aromatic heterocycles. The van der Waals surface area contributed by atoms with E-state index in [-0.39, 0.29) is 36.9 Å². The molecule has 162 valence electrons. The highest BCUT2D eigenvalue weighted by Crippen LogP contribution is 2.42. The van der Waals surface area contributed by atoms with E-state index in [1.165, 1.54) is 0 Å². The number of nitrogens with one attached hydrogen (secondary N) is 1. The number of hydrogen-bond acceptors (Lipinski definition) is 6. The fourth-order valence-corrected chi connectivity index (χ4v) is 4.33. The summed E-state index contributed by atoms with van der Waals surface area (Å²) in [6.45, 7) is 1.62. The molecule has 1 heterocycles. The van der Waals surface area contributed by atoms with Crippen LogP contribution in [-0.2, 0) is 30.1 Å². The standard InChI is InChI=1S/C21H29BNO6P/c1-21(12-19(25)26)13-20(27)28-22(29-21)16(9-15-7-8-15)11-18(24)17(23-30)10-14-5-3-2-4-6-14/h2-6,15-17,23H,7-13,30H2,1H3,(H,25,26)/t16-,17+,21?/m1/s1. The summed E-state index contributed by atoms with van der Waals surface area (Å²) >= 11 is 0. The Morgan fingerprint density at radius 3 is 2.63 bits per heavy atom. The van der Waals surface area contributed by atoms with Gasteiger partial charge in [-0.15, -0.1) is 0 Å². The molecular formula is C21H29BNO6P. The van der Waals surface area contributed by atoms with Crippen LogP contribution in [0.3, 0.4) is 0 Å². The zero-order valence-corrected chi connectivity index (χ0v) is 18.4. The molecule has 1 saturated carbocycles. The molecule has 9 heteroatoms. The van der Waals surface area contributed by atoms with Crippen LogP contribution in [0.5, 0.6) is 0 Å². The van der Waals surface area contributed by atoms with E-state index >= 15 is 0 Å². The van der Waals surface area contributed by atoms with Crippen molar-refractivity contribution in [2.45, 2.75) is 69.3 Å². The number of carboxylic acids is 1. The Balaban J connectivity index is 1.70. The summed E-state index contributed by atoms with van der Waals surface area (Å²) in [6.07, 6.45) is 3.27. The Hall–Kier alpha value is -1.76. The number of hydrogen-bond donors (Lipinski definition) is 2. The van der Waals surface area contributed by atoms with E-state index in [2.05, 4.69) is 14.5 Å². The summed E-state index contributed by atoms with van der Waals surface area (Å²) in [5.74, 6) is -1.29. The molecule has 3 rings (SSSR count). The van der Waals surface area contributed by atoms with Gasteiger partial charge in [0.25, 0.3) is 5.97 Å². The average Bonchev–Trinajstić information content (AvgIpc) is 3.48. The van der Waals surface area contributed by atoms with Crippen molar-refractivity contribution in [2.24, 2.45) is 5.92 Å². The summed E-state index contributed by atoms with van der Waals surface area (Å²) < 4.78 is 11.4. The number of Topliss-reactive ketones (excluding diaryl/α,β-unsaturated/α-hetero) is 1. The first-order valence-corrected chi connectivity index (χ1v) is 11.0. The van der Waals surface area contributed by atoms with Crippen molar-refractivity contribution in [1.82, 2.24) is 5.09 Å². The van der Waals surface area contributed by atoms with Gasteiger partial charge in [-0.05, 0) is 31.2 Å². The van der Waals surface area contributed by atoms with E-state index in [9.17, 15) is 19.5 Å². The minimum Gasteiger partial charge on any atom is -0.509 e. The second kappa shape index (κ2) is 10.0. The molecule has 0 radical (unpaired) electrons. The van der Waals surface area contributed by atoms with Crippen LogP contribution in [0.4, 0.5) is 0 Å². The van der Waals surface area contributed by atoms with Crippen LogP contribution in [0.15, 0.2) is 30.3 Å². The molecule has 0 bridgehead atoms. The van der Waals surface area contributed by atoms with Crippen LogP contribution in [0.2, 0.25) is 5.82 Å². The van der Waals surface area contributed by atoms with Crippen molar-refractivity contribution in [1.29, 1.82) is 0 Å². The number of carbonyl (C=O) groups is 3. The maximum atomic E-state index is 13.1. The topological polar surface area (TPSA) is 102 Å². The molecule has 0 amide bonds. The third-order valence-corrected chi connectivity index (χ3v) is 6.15. The van der Waals surface area contributed by atoms with E-state index < -0.39 is 24.7 Å². The number of carbonyl (C=O) groups excluding carboxylic acids is 2. The van der Waals surface area contributed by atoms with Gasteiger partial charge in [0.1, 0.15) is 5.78 Å². The van der Waals surface area contributed by atoms with E-state index in [0.29, 0.717) is 12.3 Å². The molecule has 4 atom stereocenters. The smallest absolute Gasteiger partial charge is 0.509 e. The van der Waals surface area contributed by atoms with Gasteiger partial charge in [-0.25, -0.2) is 0 Å². The van der Waals surface area contributed by atoms with Crippen LogP contribution in [-0.4, -0.2) is 41.6 Å². The van der Waals surface area contributed by atoms with Crippen LogP contribution in [0, 0.1) is 5.92 Å². The lowest BCUT2D eigenvalue weighted by Gasteiger charge is -2.38. The Labute approximate surface area is 179 Å². The van der Waals surface area contributed by atoms with E-state index in [0.717, 1.165) is 24.8 Å². The lowest BCUT2D eigenvalue weighted by Crippen LogP contribution is -2.50. The van der Waals surface area contributed by atoms with Crippen LogP contribution < -0.4 is 5.09 Å². The van der Waals surface area contributed by atoms with Gasteiger partial charge < -0.3 is 14.4 Å². The number of rotatable bonds is 11. The van der Waals surface area contributed by atoms with Crippen molar-refractivity contribution < 1.29 is 28.8 Å². The van der Waals surface area contributed by atoms with Crippen molar-refractivity contribution in [3.63, 3.8) is 0 Å². The minimum absolute atomic E-state index is 0.0182. The number of ketones is 1. The first kappa shape index (κ1) is 22.9. The van der Waals surface area contributed by atoms with Gasteiger partial charge in [-0.2, -0.15) is 0 Å². The van der Waals surface area contributed by atoms with Crippen molar-refractivity contribution in [3.05, 3.63) is 35.9 Å². The van der Waals surface area contributed by atoms with Gasteiger partial charge in [-0.3, -0.25) is 19.5 Å². The van der Waals surface area contributed by atoms with Crippen LogP contribution >= 0.6 is 9.39 Å². The van der Waals surface area contributed by atoms with E-state index in [4.69, 9.17) is 9.31 Å². The molecule has 1 saturated heterocycles. The Bertz CT molecular complexity index is 770. The van der Waals surface area contributed by atoms with E-state index in [1.54, 1.807) is 6.92 Å². The Morgan fingerprint density at radius 2 is 2.03 bits per heavy atom.